The van der Waals surface area contributed by atoms with E-state index in [0.29, 0.717) is 23.6 Å². The third kappa shape index (κ3) is 4.44. The molecule has 0 spiro atoms. The van der Waals surface area contributed by atoms with Crippen molar-refractivity contribution in [3.8, 4) is 11.5 Å². The Morgan fingerprint density at radius 3 is 2.63 bits per heavy atom. The zero-order valence-electron chi connectivity index (χ0n) is 11.9. The molecule has 0 aliphatic rings. The molecule has 1 amide bonds. The van der Waals surface area contributed by atoms with Crippen molar-refractivity contribution >= 4 is 5.91 Å². The van der Waals surface area contributed by atoms with Crippen LogP contribution in [0.5, 0.6) is 11.5 Å². The van der Waals surface area contributed by atoms with Gasteiger partial charge in [0.25, 0.3) is 5.91 Å². The molecule has 0 aliphatic carbocycles. The number of methoxy groups -OCH3 is 2. The standard InChI is InChI=1S/C14H22N2O3/c1-5-15-10(2)9-16-14(17)12-8-11(18-3)6-7-13(12)19-4/h6-8,10,15H,5,9H2,1-4H3,(H,16,17)/t10-/m1/s1. The molecule has 5 heteroatoms. The van der Waals surface area contributed by atoms with E-state index >= 15 is 0 Å². The summed E-state index contributed by atoms with van der Waals surface area (Å²) >= 11 is 0. The average molecular weight is 266 g/mol. The molecule has 1 atom stereocenters. The molecule has 0 unspecified atom stereocenters. The van der Waals surface area contributed by atoms with Crippen LogP contribution in [0.2, 0.25) is 0 Å². The summed E-state index contributed by atoms with van der Waals surface area (Å²) in [6, 6.07) is 5.38. The Hall–Kier alpha value is -1.75. The molecule has 1 rings (SSSR count). The maximum absolute atomic E-state index is 12.1. The molecule has 0 saturated carbocycles. The fourth-order valence-corrected chi connectivity index (χ4v) is 1.75. The van der Waals surface area contributed by atoms with E-state index in [4.69, 9.17) is 9.47 Å². The second-order valence-electron chi connectivity index (χ2n) is 4.23. The lowest BCUT2D eigenvalue weighted by molar-refractivity contribution is 0.0947. The third-order valence-electron chi connectivity index (χ3n) is 2.77. The summed E-state index contributed by atoms with van der Waals surface area (Å²) in [5, 5.41) is 6.11. The number of likely N-dealkylation sites (N-methyl/N-ethyl adjacent to an activating group) is 1. The first kappa shape index (κ1) is 15.3. The molecular formula is C14H22N2O3. The summed E-state index contributed by atoms with van der Waals surface area (Å²) in [5.41, 5.74) is 0.477. The van der Waals surface area contributed by atoms with Crippen LogP contribution in [0.25, 0.3) is 0 Å². The van der Waals surface area contributed by atoms with Crippen molar-refractivity contribution in [1.29, 1.82) is 0 Å². The molecule has 5 nitrogen and oxygen atoms in total. The van der Waals surface area contributed by atoms with Gasteiger partial charge >= 0.3 is 0 Å². The van der Waals surface area contributed by atoms with Crippen LogP contribution in [-0.4, -0.2) is 39.3 Å². The lowest BCUT2D eigenvalue weighted by Crippen LogP contribution is -2.38. The summed E-state index contributed by atoms with van der Waals surface area (Å²) in [4.78, 5) is 12.1. The van der Waals surface area contributed by atoms with Crippen molar-refractivity contribution in [1.82, 2.24) is 10.6 Å². The highest BCUT2D eigenvalue weighted by Crippen LogP contribution is 2.23. The van der Waals surface area contributed by atoms with E-state index in [-0.39, 0.29) is 11.9 Å². The van der Waals surface area contributed by atoms with Crippen molar-refractivity contribution in [2.75, 3.05) is 27.3 Å². The van der Waals surface area contributed by atoms with Crippen molar-refractivity contribution in [3.05, 3.63) is 23.8 Å². The summed E-state index contributed by atoms with van der Waals surface area (Å²) < 4.78 is 10.3. The molecule has 19 heavy (non-hydrogen) atoms. The highest BCUT2D eigenvalue weighted by atomic mass is 16.5. The predicted octanol–water partition coefficient (Wildman–Crippen LogP) is 1.43. The van der Waals surface area contributed by atoms with E-state index in [1.165, 1.54) is 0 Å². The van der Waals surface area contributed by atoms with Gasteiger partial charge in [0.15, 0.2) is 0 Å². The quantitative estimate of drug-likeness (QED) is 0.784. The van der Waals surface area contributed by atoms with E-state index in [0.717, 1.165) is 6.54 Å². The van der Waals surface area contributed by atoms with Gasteiger partial charge in [-0.05, 0) is 31.7 Å². The van der Waals surface area contributed by atoms with Crippen molar-refractivity contribution in [2.45, 2.75) is 19.9 Å². The molecule has 0 aromatic heterocycles. The van der Waals surface area contributed by atoms with Crippen LogP contribution in [-0.2, 0) is 0 Å². The number of hydrogen-bond donors (Lipinski definition) is 2. The summed E-state index contributed by atoms with van der Waals surface area (Å²) in [7, 11) is 3.11. The smallest absolute Gasteiger partial charge is 0.255 e. The fraction of sp³-hybridized carbons (Fsp3) is 0.500. The topological polar surface area (TPSA) is 59.6 Å². The maximum atomic E-state index is 12.1. The lowest BCUT2D eigenvalue weighted by atomic mass is 10.1. The fourth-order valence-electron chi connectivity index (χ4n) is 1.75. The third-order valence-corrected chi connectivity index (χ3v) is 2.77. The van der Waals surface area contributed by atoms with Crippen LogP contribution < -0.4 is 20.1 Å². The lowest BCUT2D eigenvalue weighted by Gasteiger charge is -2.15. The van der Waals surface area contributed by atoms with Gasteiger partial charge in [0.05, 0.1) is 19.8 Å². The van der Waals surface area contributed by atoms with E-state index in [2.05, 4.69) is 10.6 Å². The second kappa shape index (κ2) is 7.63. The zero-order valence-corrected chi connectivity index (χ0v) is 11.9. The summed E-state index contributed by atoms with van der Waals surface area (Å²) in [5.74, 6) is 1.00. The predicted molar refractivity (Wildman–Crippen MR) is 75.0 cm³/mol. The normalized spacial score (nSPS) is 11.8. The Balaban J connectivity index is 2.74. The van der Waals surface area contributed by atoms with Gasteiger partial charge in [-0.25, -0.2) is 0 Å². The SMILES string of the molecule is CCN[C@H](C)CNC(=O)c1cc(OC)ccc1OC. The number of rotatable bonds is 7. The monoisotopic (exact) mass is 266 g/mol. The van der Waals surface area contributed by atoms with Crippen molar-refractivity contribution in [2.24, 2.45) is 0 Å². The maximum Gasteiger partial charge on any atom is 0.255 e. The number of ether oxygens (including phenoxy) is 2. The van der Waals surface area contributed by atoms with Crippen LogP contribution in [0.4, 0.5) is 0 Å². The van der Waals surface area contributed by atoms with Gasteiger partial charge in [0.2, 0.25) is 0 Å². The summed E-state index contributed by atoms with van der Waals surface area (Å²) in [6.45, 7) is 5.49. The molecule has 0 aliphatic heterocycles. The Labute approximate surface area is 114 Å². The van der Waals surface area contributed by atoms with Crippen LogP contribution in [0, 0.1) is 0 Å². The van der Waals surface area contributed by atoms with Gasteiger partial charge < -0.3 is 20.1 Å². The second-order valence-corrected chi connectivity index (χ2v) is 4.23. The number of carbonyl (C=O) groups excluding carboxylic acids is 1. The number of carbonyl (C=O) groups is 1. The van der Waals surface area contributed by atoms with Gasteiger partial charge in [-0.3, -0.25) is 4.79 Å². The molecule has 0 heterocycles. The van der Waals surface area contributed by atoms with E-state index in [1.54, 1.807) is 32.4 Å². The first-order valence-corrected chi connectivity index (χ1v) is 6.36. The Kier molecular flexibility index (Phi) is 6.15. The van der Waals surface area contributed by atoms with Crippen LogP contribution >= 0.6 is 0 Å². The van der Waals surface area contributed by atoms with Crippen molar-refractivity contribution < 1.29 is 14.3 Å². The van der Waals surface area contributed by atoms with Crippen LogP contribution in [0.3, 0.4) is 0 Å². The number of amides is 1. The minimum atomic E-state index is -0.166. The Bertz CT molecular complexity index is 421. The Morgan fingerprint density at radius 2 is 2.05 bits per heavy atom. The highest BCUT2D eigenvalue weighted by Gasteiger charge is 2.14. The number of hydrogen-bond acceptors (Lipinski definition) is 4. The largest absolute Gasteiger partial charge is 0.497 e. The molecule has 0 bridgehead atoms. The van der Waals surface area contributed by atoms with Gasteiger partial charge in [0.1, 0.15) is 11.5 Å². The highest BCUT2D eigenvalue weighted by molar-refractivity contribution is 5.97. The van der Waals surface area contributed by atoms with Crippen LogP contribution in [0.15, 0.2) is 18.2 Å². The average Bonchev–Trinajstić information content (AvgIpc) is 2.44. The first-order valence-electron chi connectivity index (χ1n) is 6.36. The molecule has 2 N–H and O–H groups in total. The summed E-state index contributed by atoms with van der Waals surface area (Å²) in [6.07, 6.45) is 0. The van der Waals surface area contributed by atoms with Gasteiger partial charge in [0, 0.05) is 12.6 Å². The molecule has 0 saturated heterocycles. The minimum Gasteiger partial charge on any atom is -0.497 e. The molecule has 0 fully saturated rings. The van der Waals surface area contributed by atoms with Crippen LogP contribution in [0.1, 0.15) is 24.2 Å². The van der Waals surface area contributed by atoms with E-state index < -0.39 is 0 Å². The van der Waals surface area contributed by atoms with Crippen molar-refractivity contribution in [3.63, 3.8) is 0 Å². The van der Waals surface area contributed by atoms with Gasteiger partial charge in [-0.1, -0.05) is 6.92 Å². The van der Waals surface area contributed by atoms with E-state index in [9.17, 15) is 4.79 Å². The molecule has 106 valence electrons. The van der Waals surface area contributed by atoms with Gasteiger partial charge in [-0.2, -0.15) is 0 Å². The zero-order chi connectivity index (χ0) is 14.3. The van der Waals surface area contributed by atoms with E-state index in [1.807, 2.05) is 13.8 Å². The molecule has 1 aromatic carbocycles. The molecule has 1 aromatic rings. The minimum absolute atomic E-state index is 0.166. The number of benzene rings is 1. The Morgan fingerprint density at radius 1 is 1.32 bits per heavy atom. The molecule has 0 radical (unpaired) electrons. The molecular weight excluding hydrogens is 244 g/mol. The first-order chi connectivity index (χ1) is 9.12. The number of nitrogens with one attached hydrogen (secondary N) is 2. The van der Waals surface area contributed by atoms with Gasteiger partial charge in [-0.15, -0.1) is 0 Å².